The second kappa shape index (κ2) is 4.16. The molecular formula is C9H15NO. The summed E-state index contributed by atoms with van der Waals surface area (Å²) >= 11 is 0. The number of amides is 1. The van der Waals surface area contributed by atoms with E-state index in [-0.39, 0.29) is 0 Å². The smallest absolute Gasteiger partial charge is 0.213 e. The molecule has 0 aliphatic heterocycles. The minimum Gasteiger partial charge on any atom is -0.319 e. The number of carbonyl (C=O) groups is 1. The van der Waals surface area contributed by atoms with E-state index in [1.54, 1.807) is 11.1 Å². The maximum atomic E-state index is 10.5. The fourth-order valence-electron chi connectivity index (χ4n) is 1.66. The summed E-state index contributed by atoms with van der Waals surface area (Å²) in [7, 11) is 0. The second-order valence-electron chi connectivity index (χ2n) is 3.03. The maximum absolute atomic E-state index is 10.5. The summed E-state index contributed by atoms with van der Waals surface area (Å²) in [5.74, 6) is 0. The molecule has 1 fully saturated rings. The Hall–Kier alpha value is -0.790. The van der Waals surface area contributed by atoms with Crippen molar-refractivity contribution < 1.29 is 4.79 Å². The molecular weight excluding hydrogens is 138 g/mol. The summed E-state index contributed by atoms with van der Waals surface area (Å²) in [5.41, 5.74) is 0. The first-order valence-electron chi connectivity index (χ1n) is 4.24. The van der Waals surface area contributed by atoms with Gasteiger partial charge in [0.15, 0.2) is 0 Å². The predicted molar refractivity (Wildman–Crippen MR) is 45.0 cm³/mol. The van der Waals surface area contributed by atoms with Crippen LogP contribution in [0, 0.1) is 0 Å². The summed E-state index contributed by atoms with van der Waals surface area (Å²) in [5, 5.41) is 0. The Morgan fingerprint density at radius 1 is 1.27 bits per heavy atom. The van der Waals surface area contributed by atoms with Crippen LogP contribution in [0.3, 0.4) is 0 Å². The molecule has 2 heteroatoms. The number of nitrogens with zero attached hydrogens (tertiary/aromatic N) is 1. The third-order valence-electron chi connectivity index (χ3n) is 2.33. The molecule has 1 amide bonds. The average molecular weight is 153 g/mol. The maximum Gasteiger partial charge on any atom is 0.213 e. The van der Waals surface area contributed by atoms with Gasteiger partial charge < -0.3 is 4.90 Å². The quantitative estimate of drug-likeness (QED) is 0.567. The van der Waals surface area contributed by atoms with Crippen LogP contribution in [-0.4, -0.2) is 17.4 Å². The van der Waals surface area contributed by atoms with Crippen molar-refractivity contribution in [3.05, 3.63) is 12.8 Å². The molecule has 0 spiro atoms. The molecule has 62 valence electrons. The van der Waals surface area contributed by atoms with E-state index in [1.165, 1.54) is 19.3 Å². The topological polar surface area (TPSA) is 20.3 Å². The summed E-state index contributed by atoms with van der Waals surface area (Å²) < 4.78 is 0. The van der Waals surface area contributed by atoms with Crippen molar-refractivity contribution in [1.82, 2.24) is 4.90 Å². The first-order chi connectivity index (χ1) is 5.38. The van der Waals surface area contributed by atoms with E-state index in [0.29, 0.717) is 6.04 Å². The highest BCUT2D eigenvalue weighted by molar-refractivity contribution is 5.49. The zero-order chi connectivity index (χ0) is 8.10. The molecule has 11 heavy (non-hydrogen) atoms. The van der Waals surface area contributed by atoms with Crippen LogP contribution >= 0.6 is 0 Å². The Bertz CT molecular complexity index is 130. The second-order valence-corrected chi connectivity index (χ2v) is 3.03. The fraction of sp³-hybridized carbons (Fsp3) is 0.667. The van der Waals surface area contributed by atoms with E-state index in [1.807, 2.05) is 0 Å². The molecule has 0 radical (unpaired) electrons. The van der Waals surface area contributed by atoms with Gasteiger partial charge in [-0.05, 0) is 19.0 Å². The van der Waals surface area contributed by atoms with Gasteiger partial charge in [0, 0.05) is 6.04 Å². The van der Waals surface area contributed by atoms with Gasteiger partial charge in [0.05, 0.1) is 0 Å². The molecule has 0 bridgehead atoms. The van der Waals surface area contributed by atoms with Crippen molar-refractivity contribution in [1.29, 1.82) is 0 Å². The Kier molecular flexibility index (Phi) is 3.14. The lowest BCUT2D eigenvalue weighted by Crippen LogP contribution is -2.30. The monoisotopic (exact) mass is 153 g/mol. The van der Waals surface area contributed by atoms with Gasteiger partial charge in [-0.1, -0.05) is 25.8 Å². The molecule has 2 nitrogen and oxygen atoms in total. The lowest BCUT2D eigenvalue weighted by Gasteiger charge is -2.28. The van der Waals surface area contributed by atoms with E-state index >= 15 is 0 Å². The minimum absolute atomic E-state index is 0.429. The molecule has 0 saturated heterocycles. The molecule has 0 aromatic carbocycles. The van der Waals surface area contributed by atoms with E-state index < -0.39 is 0 Å². The number of rotatable bonds is 3. The van der Waals surface area contributed by atoms with Crippen molar-refractivity contribution >= 4 is 6.41 Å². The molecule has 0 aromatic rings. The van der Waals surface area contributed by atoms with Gasteiger partial charge in [-0.25, -0.2) is 0 Å². The van der Waals surface area contributed by atoms with Gasteiger partial charge in [0.2, 0.25) is 6.41 Å². The van der Waals surface area contributed by atoms with Crippen LogP contribution < -0.4 is 0 Å². The lowest BCUT2D eigenvalue weighted by atomic mass is 9.95. The molecule has 0 heterocycles. The van der Waals surface area contributed by atoms with E-state index in [0.717, 1.165) is 19.3 Å². The van der Waals surface area contributed by atoms with E-state index in [9.17, 15) is 4.79 Å². The first kappa shape index (κ1) is 8.31. The van der Waals surface area contributed by atoms with Gasteiger partial charge in [-0.2, -0.15) is 0 Å². The SMILES string of the molecule is C=CN(C=O)C1CCCCC1. The third-order valence-corrected chi connectivity index (χ3v) is 2.33. The van der Waals surface area contributed by atoms with E-state index in [2.05, 4.69) is 6.58 Å². The normalized spacial score (nSPS) is 19.3. The van der Waals surface area contributed by atoms with Crippen LogP contribution in [0.4, 0.5) is 0 Å². The van der Waals surface area contributed by atoms with Crippen molar-refractivity contribution in [2.45, 2.75) is 38.1 Å². The van der Waals surface area contributed by atoms with Crippen LogP contribution in [0.2, 0.25) is 0 Å². The predicted octanol–water partition coefficient (Wildman–Crippen LogP) is 1.92. The molecule has 1 aliphatic rings. The fourth-order valence-corrected chi connectivity index (χ4v) is 1.66. The van der Waals surface area contributed by atoms with Crippen molar-refractivity contribution in [2.24, 2.45) is 0 Å². The van der Waals surface area contributed by atoms with Crippen molar-refractivity contribution in [3.8, 4) is 0 Å². The highest BCUT2D eigenvalue weighted by Crippen LogP contribution is 2.21. The molecule has 0 unspecified atom stereocenters. The number of hydrogen-bond acceptors (Lipinski definition) is 1. The van der Waals surface area contributed by atoms with Crippen LogP contribution in [0.1, 0.15) is 32.1 Å². The summed E-state index contributed by atoms with van der Waals surface area (Å²) in [6, 6.07) is 0.429. The van der Waals surface area contributed by atoms with Gasteiger partial charge in [0.1, 0.15) is 0 Å². The Labute approximate surface area is 67.9 Å². The van der Waals surface area contributed by atoms with Gasteiger partial charge in [-0.15, -0.1) is 0 Å². The molecule has 0 atom stereocenters. The third kappa shape index (κ3) is 2.07. The van der Waals surface area contributed by atoms with Crippen LogP contribution in [0.15, 0.2) is 12.8 Å². The largest absolute Gasteiger partial charge is 0.319 e. The van der Waals surface area contributed by atoms with Crippen molar-refractivity contribution in [2.75, 3.05) is 0 Å². The summed E-state index contributed by atoms with van der Waals surface area (Å²) in [6.45, 7) is 3.60. The number of carbonyl (C=O) groups excluding carboxylic acids is 1. The van der Waals surface area contributed by atoms with Gasteiger partial charge in [-0.3, -0.25) is 4.79 Å². The highest BCUT2D eigenvalue weighted by Gasteiger charge is 2.16. The minimum atomic E-state index is 0.429. The molecule has 1 aliphatic carbocycles. The average Bonchev–Trinajstić information content (AvgIpc) is 2.09. The Balaban J connectivity index is 2.42. The zero-order valence-electron chi connectivity index (χ0n) is 6.83. The molecule has 0 N–H and O–H groups in total. The highest BCUT2D eigenvalue weighted by atomic mass is 16.1. The van der Waals surface area contributed by atoms with Crippen LogP contribution in [0.25, 0.3) is 0 Å². The molecule has 1 saturated carbocycles. The van der Waals surface area contributed by atoms with E-state index in [4.69, 9.17) is 0 Å². The van der Waals surface area contributed by atoms with Crippen LogP contribution in [0.5, 0.6) is 0 Å². The standard InChI is InChI=1S/C9H15NO/c1-2-10(8-11)9-6-4-3-5-7-9/h2,8-9H,1,3-7H2. The van der Waals surface area contributed by atoms with Crippen molar-refractivity contribution in [3.63, 3.8) is 0 Å². The van der Waals surface area contributed by atoms with Gasteiger partial charge >= 0.3 is 0 Å². The van der Waals surface area contributed by atoms with Crippen LogP contribution in [-0.2, 0) is 4.79 Å². The summed E-state index contributed by atoms with van der Waals surface area (Å²) in [6.07, 6.45) is 8.62. The zero-order valence-corrected chi connectivity index (χ0v) is 6.83. The Morgan fingerprint density at radius 2 is 1.91 bits per heavy atom. The molecule has 1 rings (SSSR count). The molecule has 0 aromatic heterocycles. The number of hydrogen-bond donors (Lipinski definition) is 0. The lowest BCUT2D eigenvalue weighted by molar-refractivity contribution is -0.117. The summed E-state index contributed by atoms with van der Waals surface area (Å²) in [4.78, 5) is 12.2. The first-order valence-corrected chi connectivity index (χ1v) is 4.24. The Morgan fingerprint density at radius 3 is 2.36 bits per heavy atom. The van der Waals surface area contributed by atoms with Gasteiger partial charge in [0.25, 0.3) is 0 Å².